The predicted molar refractivity (Wildman–Crippen MR) is 122 cm³/mol. The van der Waals surface area contributed by atoms with Crippen LogP contribution in [0.25, 0.3) is 0 Å². The Morgan fingerprint density at radius 3 is 1.82 bits per heavy atom. The molecule has 0 unspecified atom stereocenters. The normalized spacial score (nSPS) is 12.4. The highest BCUT2D eigenvalue weighted by Gasteiger charge is 2.43. The monoisotopic (exact) mass is 505 g/mol. The highest BCUT2D eigenvalue weighted by atomic mass is 35.5. The Kier molecular flexibility index (Phi) is 12.4. The lowest BCUT2D eigenvalue weighted by atomic mass is 10.0. The van der Waals surface area contributed by atoms with E-state index < -0.39 is 42.2 Å². The lowest BCUT2D eigenvalue weighted by Crippen LogP contribution is -2.59. The first-order valence-electron chi connectivity index (χ1n) is 10.3. The van der Waals surface area contributed by atoms with Crippen LogP contribution >= 0.6 is 12.4 Å². The molecule has 0 aromatic heterocycles. The second kappa shape index (κ2) is 13.6. The second-order valence-corrected chi connectivity index (χ2v) is 8.02. The van der Waals surface area contributed by atoms with Gasteiger partial charge in [0.05, 0.1) is 12.2 Å². The van der Waals surface area contributed by atoms with Gasteiger partial charge in [-0.1, -0.05) is 6.07 Å². The van der Waals surface area contributed by atoms with E-state index in [1.165, 1.54) is 18.2 Å². The van der Waals surface area contributed by atoms with Crippen molar-refractivity contribution < 1.29 is 48.0 Å². The van der Waals surface area contributed by atoms with Crippen LogP contribution in [-0.4, -0.2) is 53.3 Å². The van der Waals surface area contributed by atoms with Crippen LogP contribution < -0.4 is 14.8 Å². The van der Waals surface area contributed by atoms with Crippen molar-refractivity contribution in [3.63, 3.8) is 0 Å². The fourth-order valence-corrected chi connectivity index (χ4v) is 2.74. The quantitative estimate of drug-likeness (QED) is 0.207. The Labute approximate surface area is 204 Å². The summed E-state index contributed by atoms with van der Waals surface area (Å²) in [5.74, 6) is -2.60. The molecule has 11 nitrogen and oxygen atoms in total. The summed E-state index contributed by atoms with van der Waals surface area (Å²) in [6.07, 6.45) is -3.34. The minimum Gasteiger partial charge on any atom is -0.477 e. The van der Waals surface area contributed by atoms with Crippen LogP contribution in [0.1, 0.15) is 54.0 Å². The molecule has 0 heterocycles. The average molecular weight is 506 g/mol. The molecule has 0 fully saturated rings. The van der Waals surface area contributed by atoms with E-state index >= 15 is 0 Å². The highest BCUT2D eigenvalue weighted by Crippen LogP contribution is 2.31. The van der Waals surface area contributed by atoms with Gasteiger partial charge >= 0.3 is 24.2 Å². The first kappa shape index (κ1) is 30.9. The fourth-order valence-electron chi connectivity index (χ4n) is 2.74. The van der Waals surface area contributed by atoms with Crippen molar-refractivity contribution in [2.24, 2.45) is 0 Å². The van der Waals surface area contributed by atoms with E-state index in [2.05, 4.69) is 5.32 Å². The number of esters is 1. The van der Waals surface area contributed by atoms with Crippen molar-refractivity contribution in [1.82, 2.24) is 5.32 Å². The summed E-state index contributed by atoms with van der Waals surface area (Å²) in [5.41, 5.74) is -1.79. The topological polar surface area (TPSA) is 147 Å². The number of carboxylic acids is 1. The summed E-state index contributed by atoms with van der Waals surface area (Å²) in [5, 5.41) is 12.6. The third-order valence-electron chi connectivity index (χ3n) is 3.70. The fraction of sp³-hybridized carbons (Fsp3) is 0.545. The first-order valence-corrected chi connectivity index (χ1v) is 10.3. The molecule has 2 N–H and O–H groups in total. The van der Waals surface area contributed by atoms with Gasteiger partial charge < -0.3 is 28.8 Å². The van der Waals surface area contributed by atoms with E-state index in [0.29, 0.717) is 5.56 Å². The molecular weight excluding hydrogens is 474 g/mol. The zero-order chi connectivity index (χ0) is 25.3. The molecule has 0 aliphatic carbocycles. The van der Waals surface area contributed by atoms with Crippen LogP contribution in [-0.2, 0) is 30.2 Å². The van der Waals surface area contributed by atoms with Crippen LogP contribution in [0.15, 0.2) is 18.2 Å². The predicted octanol–water partition coefficient (Wildman–Crippen LogP) is 3.84. The smallest absolute Gasteiger partial charge is 0.477 e. The van der Waals surface area contributed by atoms with E-state index in [9.17, 15) is 24.3 Å². The number of rotatable bonds is 10. The van der Waals surface area contributed by atoms with Crippen LogP contribution in [0.2, 0.25) is 0 Å². The van der Waals surface area contributed by atoms with Crippen molar-refractivity contribution >= 4 is 36.7 Å². The minimum atomic E-state index is -2.09. The summed E-state index contributed by atoms with van der Waals surface area (Å²) in [4.78, 5) is 47.7. The molecule has 192 valence electrons. The Hall–Kier alpha value is -3.05. The molecule has 0 saturated heterocycles. The number of nitrogens with one attached hydrogen (secondary N) is 1. The van der Waals surface area contributed by atoms with Crippen LogP contribution in [0.4, 0.5) is 9.59 Å². The molecule has 1 rings (SSSR count). The van der Waals surface area contributed by atoms with Gasteiger partial charge in [-0.05, 0) is 59.2 Å². The van der Waals surface area contributed by atoms with Gasteiger partial charge in [0, 0.05) is 19.4 Å². The van der Waals surface area contributed by atoms with E-state index in [-0.39, 0.29) is 36.4 Å². The number of hydrogen-bond acceptors (Lipinski definition) is 10. The van der Waals surface area contributed by atoms with Crippen molar-refractivity contribution in [2.45, 2.75) is 78.9 Å². The Balaban J connectivity index is 0.0000109. The molecule has 0 saturated carbocycles. The summed E-state index contributed by atoms with van der Waals surface area (Å²) in [6, 6.07) is 3.65. The maximum Gasteiger partial charge on any atom is 0.514 e. The number of ether oxygens (including phenoxy) is 5. The van der Waals surface area contributed by atoms with Gasteiger partial charge in [0.15, 0.2) is 11.5 Å². The summed E-state index contributed by atoms with van der Waals surface area (Å²) in [7, 11) is 0. The molecule has 0 bridgehead atoms. The van der Waals surface area contributed by atoms with Crippen LogP contribution in [0.3, 0.4) is 0 Å². The van der Waals surface area contributed by atoms with Gasteiger partial charge in [0.2, 0.25) is 0 Å². The SMILES string of the molecule is CC(=O)O[C@](Cc1ccc(OC(=O)OC(C)C)c(OC(=O)OC(C)C)c1)(NC(C)C)C(=O)O.Cl. The largest absolute Gasteiger partial charge is 0.514 e. The van der Waals surface area contributed by atoms with Crippen LogP contribution in [0.5, 0.6) is 11.5 Å². The minimum absolute atomic E-state index is 0. The number of hydrogen-bond donors (Lipinski definition) is 2. The van der Waals surface area contributed by atoms with Gasteiger partial charge in [-0.2, -0.15) is 0 Å². The molecule has 1 aromatic rings. The Morgan fingerprint density at radius 2 is 1.41 bits per heavy atom. The van der Waals surface area contributed by atoms with E-state index in [4.69, 9.17) is 23.7 Å². The Bertz CT molecular complexity index is 871. The average Bonchev–Trinajstić information content (AvgIpc) is 2.61. The van der Waals surface area contributed by atoms with Gasteiger partial charge in [-0.15, -0.1) is 12.4 Å². The molecule has 34 heavy (non-hydrogen) atoms. The van der Waals surface area contributed by atoms with E-state index in [1.54, 1.807) is 41.5 Å². The molecule has 0 aliphatic rings. The molecule has 0 spiro atoms. The first-order chi connectivity index (χ1) is 15.2. The summed E-state index contributed by atoms with van der Waals surface area (Å²) in [6.45, 7) is 11.0. The van der Waals surface area contributed by atoms with Gasteiger partial charge in [-0.3, -0.25) is 10.1 Å². The van der Waals surface area contributed by atoms with E-state index in [0.717, 1.165) is 6.92 Å². The van der Waals surface area contributed by atoms with Crippen molar-refractivity contribution in [3.8, 4) is 11.5 Å². The molecular formula is C22H32ClNO10. The molecule has 12 heteroatoms. The molecule has 0 aliphatic heterocycles. The number of halogens is 1. The number of carboxylic acid groups (broad SMARTS) is 1. The van der Waals surface area contributed by atoms with E-state index in [1.807, 2.05) is 0 Å². The number of aliphatic carboxylic acids is 1. The third-order valence-corrected chi connectivity index (χ3v) is 3.70. The maximum absolute atomic E-state index is 12.1. The molecule has 0 amide bonds. The number of carbonyl (C=O) groups excluding carboxylic acids is 3. The maximum atomic E-state index is 12.1. The summed E-state index contributed by atoms with van der Waals surface area (Å²) < 4.78 is 25.3. The lowest BCUT2D eigenvalue weighted by molar-refractivity contribution is -0.182. The third kappa shape index (κ3) is 10.3. The molecule has 1 aromatic carbocycles. The number of carbonyl (C=O) groups is 4. The van der Waals surface area contributed by atoms with Crippen molar-refractivity contribution in [2.75, 3.05) is 0 Å². The van der Waals surface area contributed by atoms with Gasteiger partial charge in [0.1, 0.15) is 0 Å². The standard InChI is InChI=1S/C22H31NO10.ClH/c1-12(2)23-22(19(25)26,33-15(7)24)11-16-8-9-17(31-20(27)29-13(3)4)18(10-16)32-21(28)30-14(5)6;/h8-10,12-14,23H,11H2,1-7H3,(H,25,26);1H/t22-;/m0./s1. The molecule has 1 atom stereocenters. The highest BCUT2D eigenvalue weighted by molar-refractivity contribution is 5.85. The lowest BCUT2D eigenvalue weighted by Gasteiger charge is -2.32. The van der Waals surface area contributed by atoms with Gasteiger partial charge in [-0.25, -0.2) is 14.4 Å². The Morgan fingerprint density at radius 1 is 0.912 bits per heavy atom. The van der Waals surface area contributed by atoms with Gasteiger partial charge in [0.25, 0.3) is 5.72 Å². The van der Waals surface area contributed by atoms with Crippen molar-refractivity contribution in [1.29, 1.82) is 0 Å². The van der Waals surface area contributed by atoms with Crippen molar-refractivity contribution in [3.05, 3.63) is 23.8 Å². The zero-order valence-electron chi connectivity index (χ0n) is 20.2. The second-order valence-electron chi connectivity index (χ2n) is 8.02. The summed E-state index contributed by atoms with van der Waals surface area (Å²) >= 11 is 0. The zero-order valence-corrected chi connectivity index (χ0v) is 21.0. The molecule has 0 radical (unpaired) electrons. The van der Waals surface area contributed by atoms with Crippen LogP contribution in [0, 0.1) is 0 Å². The number of benzene rings is 1.